The number of hydrazone groups is 1. The molecule has 3 aromatic rings. The highest BCUT2D eigenvalue weighted by Crippen LogP contribution is 2.21. The van der Waals surface area contributed by atoms with Crippen LogP contribution in [0.1, 0.15) is 5.56 Å². The average Bonchev–Trinajstić information content (AvgIpc) is 3.38. The summed E-state index contributed by atoms with van der Waals surface area (Å²) in [7, 11) is -4.02. The molecular weight excluding hydrogens is 394 g/mol. The van der Waals surface area contributed by atoms with Crippen LogP contribution in [0.3, 0.4) is 0 Å². The van der Waals surface area contributed by atoms with Gasteiger partial charge in [0.25, 0.3) is 0 Å². The first-order chi connectivity index (χ1) is 13.9. The van der Waals surface area contributed by atoms with Crippen molar-refractivity contribution in [2.45, 2.75) is 17.4 Å². The predicted molar refractivity (Wildman–Crippen MR) is 109 cm³/mol. The van der Waals surface area contributed by atoms with Crippen molar-refractivity contribution >= 4 is 38.8 Å². The lowest BCUT2D eigenvalue weighted by Crippen LogP contribution is -2.42. The van der Waals surface area contributed by atoms with E-state index in [1.54, 1.807) is 24.5 Å². The SMILES string of the molecule is O=C(O)[C@@H](Cc1c[nH]c2ccccc12)NS(=O)(=O)c1ccc(N2N=CCN2)cc1. The fraction of sp³-hybridized carbons (Fsp3) is 0.158. The van der Waals surface area contributed by atoms with Gasteiger partial charge in [-0.1, -0.05) is 18.2 Å². The number of aromatic amines is 1. The topological polar surface area (TPSA) is 127 Å². The van der Waals surface area contributed by atoms with Crippen LogP contribution in [0.5, 0.6) is 0 Å². The Morgan fingerprint density at radius 1 is 1.21 bits per heavy atom. The Bertz CT molecular complexity index is 1170. The largest absolute Gasteiger partial charge is 0.480 e. The summed E-state index contributed by atoms with van der Waals surface area (Å²) in [5.41, 5.74) is 5.25. The van der Waals surface area contributed by atoms with E-state index in [1.807, 2.05) is 24.3 Å². The molecule has 0 saturated heterocycles. The van der Waals surface area contributed by atoms with Gasteiger partial charge in [-0.3, -0.25) is 4.79 Å². The Balaban J connectivity index is 1.54. The number of hydrogen-bond donors (Lipinski definition) is 4. The quantitative estimate of drug-likeness (QED) is 0.464. The van der Waals surface area contributed by atoms with Crippen LogP contribution < -0.4 is 15.3 Å². The van der Waals surface area contributed by atoms with Crippen molar-refractivity contribution in [2.24, 2.45) is 5.10 Å². The molecule has 0 radical (unpaired) electrons. The molecule has 1 aliphatic rings. The summed E-state index contributed by atoms with van der Waals surface area (Å²) < 4.78 is 27.8. The van der Waals surface area contributed by atoms with Crippen molar-refractivity contribution in [3.05, 3.63) is 60.3 Å². The minimum atomic E-state index is -4.02. The first-order valence-corrected chi connectivity index (χ1v) is 10.4. The fourth-order valence-electron chi connectivity index (χ4n) is 3.17. The lowest BCUT2D eigenvalue weighted by molar-refractivity contribution is -0.138. The number of sulfonamides is 1. The molecule has 0 bridgehead atoms. The average molecular weight is 413 g/mol. The zero-order chi connectivity index (χ0) is 20.4. The number of nitrogens with zero attached hydrogens (tertiary/aromatic N) is 2. The van der Waals surface area contributed by atoms with E-state index in [9.17, 15) is 18.3 Å². The van der Waals surface area contributed by atoms with Gasteiger partial charge in [-0.15, -0.1) is 0 Å². The third-order valence-electron chi connectivity index (χ3n) is 4.62. The summed E-state index contributed by atoms with van der Waals surface area (Å²) in [5.74, 6) is -1.24. The van der Waals surface area contributed by atoms with E-state index < -0.39 is 22.0 Å². The Hall–Kier alpha value is -3.21. The molecular formula is C19H19N5O4S. The van der Waals surface area contributed by atoms with Gasteiger partial charge in [0.15, 0.2) is 0 Å². The highest BCUT2D eigenvalue weighted by atomic mass is 32.2. The molecule has 0 spiro atoms. The van der Waals surface area contributed by atoms with Gasteiger partial charge in [0, 0.05) is 29.7 Å². The second-order valence-corrected chi connectivity index (χ2v) is 8.26. The normalized spacial score (nSPS) is 15.1. The first kappa shape index (κ1) is 19.1. The van der Waals surface area contributed by atoms with E-state index in [0.717, 1.165) is 16.5 Å². The Morgan fingerprint density at radius 3 is 2.66 bits per heavy atom. The second-order valence-electron chi connectivity index (χ2n) is 6.54. The van der Waals surface area contributed by atoms with E-state index in [4.69, 9.17) is 0 Å². The van der Waals surface area contributed by atoms with Crippen LogP contribution in [-0.4, -0.2) is 43.3 Å². The monoisotopic (exact) mass is 413 g/mol. The first-order valence-electron chi connectivity index (χ1n) is 8.90. The third kappa shape index (κ3) is 3.99. The molecule has 1 aliphatic heterocycles. The number of aromatic nitrogens is 1. The van der Waals surface area contributed by atoms with Gasteiger partial charge in [-0.2, -0.15) is 14.9 Å². The smallest absolute Gasteiger partial charge is 0.322 e. The van der Waals surface area contributed by atoms with Gasteiger partial charge >= 0.3 is 5.97 Å². The Labute approximate surface area is 167 Å². The van der Waals surface area contributed by atoms with Crippen molar-refractivity contribution in [3.63, 3.8) is 0 Å². The zero-order valence-electron chi connectivity index (χ0n) is 15.2. The number of carboxylic acid groups (broad SMARTS) is 1. The molecule has 0 unspecified atom stereocenters. The lowest BCUT2D eigenvalue weighted by atomic mass is 10.1. The maximum atomic E-state index is 12.7. The summed E-state index contributed by atoms with van der Waals surface area (Å²) in [5, 5.41) is 16.1. The molecule has 10 heteroatoms. The number of benzene rings is 2. The van der Waals surface area contributed by atoms with Gasteiger partial charge in [0.2, 0.25) is 10.0 Å². The second kappa shape index (κ2) is 7.66. The minimum absolute atomic E-state index is 0.0169. The van der Waals surface area contributed by atoms with E-state index in [0.29, 0.717) is 12.2 Å². The summed E-state index contributed by atoms with van der Waals surface area (Å²) >= 11 is 0. The predicted octanol–water partition coefficient (Wildman–Crippen LogP) is 1.45. The summed E-state index contributed by atoms with van der Waals surface area (Å²) in [6.07, 6.45) is 3.41. The van der Waals surface area contributed by atoms with Crippen molar-refractivity contribution in [1.29, 1.82) is 0 Å². The van der Waals surface area contributed by atoms with E-state index >= 15 is 0 Å². The van der Waals surface area contributed by atoms with Crippen LogP contribution in [0.25, 0.3) is 10.9 Å². The molecule has 1 atom stereocenters. The van der Waals surface area contributed by atoms with E-state index in [-0.39, 0.29) is 11.3 Å². The van der Waals surface area contributed by atoms with Crippen molar-refractivity contribution < 1.29 is 18.3 Å². The summed E-state index contributed by atoms with van der Waals surface area (Å²) in [6, 6.07) is 12.2. The van der Waals surface area contributed by atoms with Gasteiger partial charge in [-0.05, 0) is 35.9 Å². The molecule has 0 aliphatic carbocycles. The number of carboxylic acids is 1. The number of para-hydroxylation sites is 1. The zero-order valence-corrected chi connectivity index (χ0v) is 16.1. The molecule has 2 heterocycles. The molecule has 2 aromatic carbocycles. The molecule has 0 saturated carbocycles. The van der Waals surface area contributed by atoms with Gasteiger partial charge in [0.1, 0.15) is 6.04 Å². The summed E-state index contributed by atoms with van der Waals surface area (Å²) in [4.78, 5) is 14.8. The third-order valence-corrected chi connectivity index (χ3v) is 6.10. The van der Waals surface area contributed by atoms with Crippen LogP contribution in [0.2, 0.25) is 0 Å². The van der Waals surface area contributed by atoms with Crippen LogP contribution >= 0.6 is 0 Å². The number of anilines is 1. The fourth-order valence-corrected chi connectivity index (χ4v) is 4.36. The van der Waals surface area contributed by atoms with E-state index in [2.05, 4.69) is 20.2 Å². The van der Waals surface area contributed by atoms with E-state index in [1.165, 1.54) is 17.3 Å². The molecule has 29 heavy (non-hydrogen) atoms. The molecule has 0 fully saturated rings. The maximum Gasteiger partial charge on any atom is 0.322 e. The lowest BCUT2D eigenvalue weighted by Gasteiger charge is -2.16. The number of H-pyrrole nitrogens is 1. The van der Waals surface area contributed by atoms with Crippen molar-refractivity contribution in [2.75, 3.05) is 11.7 Å². The standard InChI is InChI=1S/C19H19N5O4S/c25-19(26)18(11-13-12-20-17-4-2-1-3-16(13)17)23-29(27,28)15-7-5-14(6-8-15)24-21-9-10-22-24/h1-9,12,18,20,22-23H,10-11H2,(H,25,26)/t18-/m1/s1. The molecule has 0 amide bonds. The Morgan fingerprint density at radius 2 is 1.97 bits per heavy atom. The van der Waals surface area contributed by atoms with Crippen LogP contribution in [0.4, 0.5) is 5.69 Å². The highest BCUT2D eigenvalue weighted by Gasteiger charge is 2.26. The number of fused-ring (bicyclic) bond motifs is 1. The van der Waals surface area contributed by atoms with Gasteiger partial charge in [0.05, 0.1) is 17.1 Å². The van der Waals surface area contributed by atoms with Crippen molar-refractivity contribution in [1.82, 2.24) is 15.1 Å². The van der Waals surface area contributed by atoms with Gasteiger partial charge in [-0.25, -0.2) is 13.8 Å². The van der Waals surface area contributed by atoms with Gasteiger partial charge < -0.3 is 10.1 Å². The Kier molecular flexibility index (Phi) is 5.05. The highest BCUT2D eigenvalue weighted by molar-refractivity contribution is 7.89. The maximum absolute atomic E-state index is 12.7. The number of rotatable bonds is 7. The van der Waals surface area contributed by atoms with Crippen LogP contribution in [0.15, 0.2) is 64.7 Å². The number of carbonyl (C=O) groups is 1. The number of hydrazine groups is 1. The molecule has 9 nitrogen and oxygen atoms in total. The minimum Gasteiger partial charge on any atom is -0.480 e. The number of aliphatic carboxylic acids is 1. The van der Waals surface area contributed by atoms with Crippen LogP contribution in [-0.2, 0) is 21.2 Å². The number of nitrogens with one attached hydrogen (secondary N) is 3. The molecule has 4 rings (SSSR count). The number of hydrogen-bond acceptors (Lipinski definition) is 6. The summed E-state index contributed by atoms with van der Waals surface area (Å²) in [6.45, 7) is 0.593. The van der Waals surface area contributed by atoms with Crippen LogP contribution in [0, 0.1) is 0 Å². The molecule has 150 valence electrons. The molecule has 1 aromatic heterocycles. The molecule has 4 N–H and O–H groups in total. The van der Waals surface area contributed by atoms with Crippen molar-refractivity contribution in [3.8, 4) is 0 Å².